The third kappa shape index (κ3) is 3.21. The summed E-state index contributed by atoms with van der Waals surface area (Å²) in [5.74, 6) is 0.728. The fourth-order valence-electron chi connectivity index (χ4n) is 3.46. The van der Waals surface area contributed by atoms with E-state index < -0.39 is 0 Å². The van der Waals surface area contributed by atoms with Crippen LogP contribution in [0.5, 0.6) is 0 Å². The molecule has 0 N–H and O–H groups in total. The first kappa shape index (κ1) is 15.0. The molecule has 2 aliphatic rings. The second kappa shape index (κ2) is 6.40. The predicted octanol–water partition coefficient (Wildman–Crippen LogP) is 4.34. The van der Waals surface area contributed by atoms with Gasteiger partial charge in [0.2, 0.25) is 0 Å². The van der Waals surface area contributed by atoms with Crippen molar-refractivity contribution < 1.29 is 9.47 Å². The van der Waals surface area contributed by atoms with Crippen molar-refractivity contribution in [3.8, 4) is 0 Å². The van der Waals surface area contributed by atoms with Crippen molar-refractivity contribution in [2.24, 2.45) is 5.92 Å². The SMILES string of the molecule is CCCC1CC2(CI)OC(CC(C)C)CCC2O1. The zero-order valence-corrected chi connectivity index (χ0v) is 14.1. The Morgan fingerprint density at radius 2 is 2.06 bits per heavy atom. The topological polar surface area (TPSA) is 18.5 Å². The van der Waals surface area contributed by atoms with E-state index >= 15 is 0 Å². The van der Waals surface area contributed by atoms with Crippen LogP contribution in [0.15, 0.2) is 0 Å². The lowest BCUT2D eigenvalue weighted by atomic mass is 9.86. The van der Waals surface area contributed by atoms with Gasteiger partial charge in [0.25, 0.3) is 0 Å². The molecule has 0 aromatic carbocycles. The van der Waals surface area contributed by atoms with Crippen LogP contribution in [-0.2, 0) is 9.47 Å². The van der Waals surface area contributed by atoms with Crippen molar-refractivity contribution in [3.63, 3.8) is 0 Å². The molecule has 4 atom stereocenters. The molecule has 0 spiro atoms. The van der Waals surface area contributed by atoms with Gasteiger partial charge in [-0.25, -0.2) is 0 Å². The summed E-state index contributed by atoms with van der Waals surface area (Å²) in [5, 5.41) is 0. The average molecular weight is 366 g/mol. The zero-order valence-electron chi connectivity index (χ0n) is 12.0. The quantitative estimate of drug-likeness (QED) is 0.532. The molecule has 0 aromatic heterocycles. The van der Waals surface area contributed by atoms with Gasteiger partial charge in [-0.2, -0.15) is 0 Å². The molecule has 2 aliphatic heterocycles. The standard InChI is InChI=1S/C15H27IO2/c1-4-5-13-9-15(10-16)14(17-13)7-6-12(18-15)8-11(2)3/h11-14H,4-10H2,1-3H3. The Balaban J connectivity index is 2.00. The Labute approximate surface area is 125 Å². The summed E-state index contributed by atoms with van der Waals surface area (Å²) in [5.41, 5.74) is 0.0260. The number of ether oxygens (including phenoxy) is 2. The molecule has 0 aromatic rings. The molecule has 3 heteroatoms. The van der Waals surface area contributed by atoms with Crippen LogP contribution >= 0.6 is 22.6 Å². The Bertz CT molecular complexity index is 269. The third-order valence-corrected chi connectivity index (χ3v) is 5.53. The van der Waals surface area contributed by atoms with E-state index in [-0.39, 0.29) is 5.60 Å². The first-order valence-corrected chi connectivity index (χ1v) is 9.01. The molecule has 0 radical (unpaired) electrons. The number of hydrogen-bond acceptors (Lipinski definition) is 2. The number of halogens is 1. The highest BCUT2D eigenvalue weighted by Crippen LogP contribution is 2.44. The lowest BCUT2D eigenvalue weighted by molar-refractivity contribution is -0.156. The van der Waals surface area contributed by atoms with E-state index in [9.17, 15) is 0 Å². The maximum atomic E-state index is 6.50. The molecule has 0 aliphatic carbocycles. The highest BCUT2D eigenvalue weighted by Gasteiger charge is 2.51. The van der Waals surface area contributed by atoms with Gasteiger partial charge in [-0.3, -0.25) is 0 Å². The minimum Gasteiger partial charge on any atom is -0.372 e. The Kier molecular flexibility index (Phi) is 5.35. The van der Waals surface area contributed by atoms with E-state index in [1.54, 1.807) is 0 Å². The van der Waals surface area contributed by atoms with Gasteiger partial charge in [0.1, 0.15) is 5.60 Å². The van der Waals surface area contributed by atoms with Crippen molar-refractivity contribution in [1.29, 1.82) is 0 Å². The van der Waals surface area contributed by atoms with Gasteiger partial charge in [-0.05, 0) is 31.6 Å². The fourth-order valence-corrected chi connectivity index (χ4v) is 4.44. The van der Waals surface area contributed by atoms with Crippen molar-refractivity contribution in [1.82, 2.24) is 0 Å². The molecule has 2 saturated heterocycles. The summed E-state index contributed by atoms with van der Waals surface area (Å²) in [7, 11) is 0. The van der Waals surface area contributed by atoms with Crippen LogP contribution < -0.4 is 0 Å². The largest absolute Gasteiger partial charge is 0.372 e. The van der Waals surface area contributed by atoms with Crippen LogP contribution in [-0.4, -0.2) is 28.3 Å². The van der Waals surface area contributed by atoms with E-state index in [1.807, 2.05) is 0 Å². The Hall–Kier alpha value is 0.650. The van der Waals surface area contributed by atoms with E-state index in [1.165, 1.54) is 32.1 Å². The summed E-state index contributed by atoms with van der Waals surface area (Å²) in [6.07, 6.45) is 8.34. The van der Waals surface area contributed by atoms with E-state index in [0.29, 0.717) is 18.3 Å². The molecular weight excluding hydrogens is 339 g/mol. The van der Waals surface area contributed by atoms with Crippen LogP contribution in [0.25, 0.3) is 0 Å². The van der Waals surface area contributed by atoms with Crippen LogP contribution in [0.4, 0.5) is 0 Å². The minimum absolute atomic E-state index is 0.0260. The van der Waals surface area contributed by atoms with Gasteiger partial charge in [0.05, 0.1) is 18.3 Å². The maximum Gasteiger partial charge on any atom is 0.106 e. The van der Waals surface area contributed by atoms with Gasteiger partial charge in [0, 0.05) is 10.8 Å². The molecule has 0 saturated carbocycles. The molecule has 0 amide bonds. The molecule has 2 rings (SSSR count). The van der Waals surface area contributed by atoms with Gasteiger partial charge in [0.15, 0.2) is 0 Å². The number of fused-ring (bicyclic) bond motifs is 1. The molecule has 18 heavy (non-hydrogen) atoms. The molecule has 2 fully saturated rings. The monoisotopic (exact) mass is 366 g/mol. The summed E-state index contributed by atoms with van der Waals surface area (Å²) in [6, 6.07) is 0. The lowest BCUT2D eigenvalue weighted by Crippen LogP contribution is -2.49. The van der Waals surface area contributed by atoms with Gasteiger partial charge < -0.3 is 9.47 Å². The summed E-state index contributed by atoms with van der Waals surface area (Å²) in [6.45, 7) is 6.82. The summed E-state index contributed by atoms with van der Waals surface area (Å²) >= 11 is 2.49. The summed E-state index contributed by atoms with van der Waals surface area (Å²) in [4.78, 5) is 0. The smallest absolute Gasteiger partial charge is 0.106 e. The van der Waals surface area contributed by atoms with Crippen molar-refractivity contribution in [2.75, 3.05) is 4.43 Å². The van der Waals surface area contributed by atoms with E-state index in [2.05, 4.69) is 43.4 Å². The highest BCUT2D eigenvalue weighted by molar-refractivity contribution is 14.1. The third-order valence-electron chi connectivity index (χ3n) is 4.24. The molecular formula is C15H27IO2. The molecule has 0 bridgehead atoms. The summed E-state index contributed by atoms with van der Waals surface area (Å²) < 4.78 is 13.8. The fraction of sp³-hybridized carbons (Fsp3) is 1.00. The predicted molar refractivity (Wildman–Crippen MR) is 83.4 cm³/mol. The normalized spacial score (nSPS) is 40.2. The first-order valence-electron chi connectivity index (χ1n) is 7.49. The van der Waals surface area contributed by atoms with E-state index in [0.717, 1.165) is 16.8 Å². The Morgan fingerprint density at radius 3 is 2.67 bits per heavy atom. The number of hydrogen-bond donors (Lipinski definition) is 0. The average Bonchev–Trinajstić information content (AvgIpc) is 2.67. The van der Waals surface area contributed by atoms with Crippen molar-refractivity contribution >= 4 is 22.6 Å². The van der Waals surface area contributed by atoms with E-state index in [4.69, 9.17) is 9.47 Å². The maximum absolute atomic E-state index is 6.50. The van der Waals surface area contributed by atoms with Crippen LogP contribution in [0.3, 0.4) is 0 Å². The number of rotatable bonds is 5. The van der Waals surface area contributed by atoms with Crippen molar-refractivity contribution in [2.45, 2.75) is 83.2 Å². The van der Waals surface area contributed by atoms with Gasteiger partial charge in [-0.1, -0.05) is 49.8 Å². The van der Waals surface area contributed by atoms with Crippen LogP contribution in [0.1, 0.15) is 59.3 Å². The molecule has 106 valence electrons. The van der Waals surface area contributed by atoms with Crippen molar-refractivity contribution in [3.05, 3.63) is 0 Å². The van der Waals surface area contributed by atoms with Crippen LogP contribution in [0.2, 0.25) is 0 Å². The molecule has 2 nitrogen and oxygen atoms in total. The first-order chi connectivity index (χ1) is 8.59. The zero-order chi connectivity index (χ0) is 13.2. The highest BCUT2D eigenvalue weighted by atomic mass is 127. The second-order valence-electron chi connectivity index (χ2n) is 6.38. The minimum atomic E-state index is 0.0260. The van der Waals surface area contributed by atoms with Gasteiger partial charge >= 0.3 is 0 Å². The van der Waals surface area contributed by atoms with Crippen LogP contribution in [0, 0.1) is 5.92 Å². The molecule has 2 heterocycles. The second-order valence-corrected chi connectivity index (χ2v) is 7.15. The molecule has 4 unspecified atom stereocenters. The number of alkyl halides is 1. The lowest BCUT2D eigenvalue weighted by Gasteiger charge is -2.41. The van der Waals surface area contributed by atoms with Gasteiger partial charge in [-0.15, -0.1) is 0 Å². The Morgan fingerprint density at radius 1 is 1.28 bits per heavy atom.